The van der Waals surface area contributed by atoms with Crippen LogP contribution in [0.2, 0.25) is 0 Å². The van der Waals surface area contributed by atoms with Crippen LogP contribution in [-0.4, -0.2) is 0 Å². The molecule has 0 fully saturated rings. The summed E-state index contributed by atoms with van der Waals surface area (Å²) in [5.74, 6) is 0. The summed E-state index contributed by atoms with van der Waals surface area (Å²) in [7, 11) is 0. The molecular formula is H3NiPW2. The number of hydrogen-bond acceptors (Lipinski definition) is 0. The first-order chi connectivity index (χ1) is 0. The van der Waals surface area contributed by atoms with Gasteiger partial charge in [-0.3, -0.25) is 0 Å². The molecule has 0 bridgehead atoms. The molecule has 0 saturated carbocycles. The van der Waals surface area contributed by atoms with Crippen molar-refractivity contribution in [2.75, 3.05) is 0 Å². The van der Waals surface area contributed by atoms with Crippen LogP contribution in [-0.2, 0) is 58.6 Å². The Bertz CT molecular complexity index is 6.00. The summed E-state index contributed by atoms with van der Waals surface area (Å²) < 4.78 is 0. The van der Waals surface area contributed by atoms with E-state index in [1.807, 2.05) is 0 Å². The van der Waals surface area contributed by atoms with E-state index in [2.05, 4.69) is 0 Å². The van der Waals surface area contributed by atoms with Crippen LogP contribution >= 0.6 is 9.90 Å². The van der Waals surface area contributed by atoms with E-state index in [1.54, 1.807) is 0 Å². The molecule has 0 aliphatic heterocycles. The van der Waals surface area contributed by atoms with Crippen LogP contribution in [0.15, 0.2) is 0 Å². The summed E-state index contributed by atoms with van der Waals surface area (Å²) in [4.78, 5) is 0. The van der Waals surface area contributed by atoms with Crippen molar-refractivity contribution in [3.8, 4) is 0 Å². The van der Waals surface area contributed by atoms with Gasteiger partial charge in [0.05, 0.1) is 0 Å². The Morgan fingerprint density at radius 1 is 0.750 bits per heavy atom. The number of rotatable bonds is 0. The molecule has 0 amide bonds. The molecule has 0 radical (unpaired) electrons. The second kappa shape index (κ2) is 18.5. The third kappa shape index (κ3) is 8.85. The van der Waals surface area contributed by atoms with E-state index >= 15 is 0 Å². The molecule has 0 aromatic heterocycles. The summed E-state index contributed by atoms with van der Waals surface area (Å²) in [5, 5.41) is 0. The Morgan fingerprint density at radius 3 is 0.750 bits per heavy atom. The van der Waals surface area contributed by atoms with Crippen molar-refractivity contribution in [3.05, 3.63) is 0 Å². The molecule has 0 spiro atoms. The van der Waals surface area contributed by atoms with Gasteiger partial charge in [0.15, 0.2) is 0 Å². The molecule has 4 heteroatoms. The molecule has 1 atom stereocenters. The summed E-state index contributed by atoms with van der Waals surface area (Å²) in [5.41, 5.74) is 0. The second-order valence-electron chi connectivity index (χ2n) is 0. The van der Waals surface area contributed by atoms with E-state index in [-0.39, 0.29) is 68.5 Å². The molecule has 0 aromatic rings. The fourth-order valence-electron chi connectivity index (χ4n) is 0. The Morgan fingerprint density at radius 2 is 0.750 bits per heavy atom. The van der Waals surface area contributed by atoms with Gasteiger partial charge < -0.3 is 0 Å². The SMILES string of the molecule is P.[Ni].[W].[W]. The minimum atomic E-state index is 0. The first kappa shape index (κ1) is 33.5. The van der Waals surface area contributed by atoms with E-state index in [9.17, 15) is 0 Å². The normalized spacial score (nSPS) is 0. The van der Waals surface area contributed by atoms with Gasteiger partial charge in [0.25, 0.3) is 0 Å². The molecule has 0 aromatic carbocycles. The van der Waals surface area contributed by atoms with Gasteiger partial charge in [0.1, 0.15) is 0 Å². The summed E-state index contributed by atoms with van der Waals surface area (Å²) in [6, 6.07) is 0. The van der Waals surface area contributed by atoms with Crippen molar-refractivity contribution >= 4 is 9.90 Å². The molecule has 0 aliphatic carbocycles. The number of hydrogen-bond donors (Lipinski definition) is 0. The van der Waals surface area contributed by atoms with E-state index < -0.39 is 0 Å². The largest absolute Gasteiger partial charge is 0.153 e. The molecule has 0 nitrogen and oxygen atoms in total. The monoisotopic (exact) mass is 460 g/mol. The van der Waals surface area contributed by atoms with Crippen LogP contribution in [0.1, 0.15) is 0 Å². The maximum atomic E-state index is 0. The minimum absolute atomic E-state index is 0. The molecular weight excluding hydrogens is 457 g/mol. The Hall–Kier alpha value is 2.30. The Kier molecular flexibility index (Phi) is 155. The van der Waals surface area contributed by atoms with Crippen molar-refractivity contribution in [1.82, 2.24) is 0 Å². The van der Waals surface area contributed by atoms with Crippen molar-refractivity contribution in [1.29, 1.82) is 0 Å². The standard InChI is InChI=1S/Ni.H3P.2W/h;1H3;;. The summed E-state index contributed by atoms with van der Waals surface area (Å²) in [6.45, 7) is 0. The van der Waals surface area contributed by atoms with Crippen LogP contribution in [0.3, 0.4) is 0 Å². The topological polar surface area (TPSA) is 0 Å². The average molecular weight is 460 g/mol. The van der Waals surface area contributed by atoms with Gasteiger partial charge in [-0.2, -0.15) is 9.90 Å². The molecule has 30 valence electrons. The van der Waals surface area contributed by atoms with Gasteiger partial charge in [-0.05, 0) is 0 Å². The molecule has 0 saturated heterocycles. The van der Waals surface area contributed by atoms with Gasteiger partial charge in [-0.1, -0.05) is 0 Å². The molecule has 4 heavy (non-hydrogen) atoms. The third-order valence-corrected chi connectivity index (χ3v) is 0. The predicted octanol–water partition coefficient (Wildman–Crippen LogP) is 0.0506. The third-order valence-electron chi connectivity index (χ3n) is 0. The van der Waals surface area contributed by atoms with Crippen LogP contribution in [0.5, 0.6) is 0 Å². The second-order valence-corrected chi connectivity index (χ2v) is 0. The van der Waals surface area contributed by atoms with E-state index in [0.717, 1.165) is 0 Å². The van der Waals surface area contributed by atoms with Gasteiger partial charge in [-0.25, -0.2) is 0 Å². The Balaban J connectivity index is 0. The molecule has 1 unspecified atom stereocenters. The molecule has 0 heterocycles. The zero-order chi connectivity index (χ0) is 0. The van der Waals surface area contributed by atoms with Crippen molar-refractivity contribution in [2.24, 2.45) is 0 Å². The van der Waals surface area contributed by atoms with E-state index in [4.69, 9.17) is 0 Å². The van der Waals surface area contributed by atoms with Crippen LogP contribution in [0, 0.1) is 0 Å². The predicted molar refractivity (Wildman–Crippen MR) is 11.1 cm³/mol. The van der Waals surface area contributed by atoms with Crippen molar-refractivity contribution in [3.63, 3.8) is 0 Å². The summed E-state index contributed by atoms with van der Waals surface area (Å²) in [6.07, 6.45) is 0. The van der Waals surface area contributed by atoms with Crippen molar-refractivity contribution in [2.45, 2.75) is 0 Å². The van der Waals surface area contributed by atoms with Gasteiger partial charge in [0, 0.05) is 58.6 Å². The first-order valence-electron chi connectivity index (χ1n) is 0. The molecule has 0 rings (SSSR count). The van der Waals surface area contributed by atoms with E-state index in [0.29, 0.717) is 0 Å². The van der Waals surface area contributed by atoms with Crippen LogP contribution < -0.4 is 0 Å². The van der Waals surface area contributed by atoms with Gasteiger partial charge in [0.2, 0.25) is 0 Å². The van der Waals surface area contributed by atoms with Crippen LogP contribution in [0.25, 0.3) is 0 Å². The first-order valence-corrected chi connectivity index (χ1v) is 0. The zero-order valence-corrected chi connectivity index (χ0v) is 10.1. The van der Waals surface area contributed by atoms with E-state index in [1.165, 1.54) is 0 Å². The molecule has 0 aliphatic rings. The molecule has 0 N–H and O–H groups in total. The fraction of sp³-hybridized carbons (Fsp3) is 0. The zero-order valence-electron chi connectivity index (χ0n) is 1.84. The maximum absolute atomic E-state index is 0. The quantitative estimate of drug-likeness (QED) is 0.354. The van der Waals surface area contributed by atoms with Gasteiger partial charge in [-0.15, -0.1) is 0 Å². The fourth-order valence-corrected chi connectivity index (χ4v) is 0. The van der Waals surface area contributed by atoms with Crippen molar-refractivity contribution < 1.29 is 58.6 Å². The minimum Gasteiger partial charge on any atom is -0.153 e. The van der Waals surface area contributed by atoms with Crippen LogP contribution in [0.4, 0.5) is 0 Å². The average Bonchev–Trinajstić information content (AvgIpc) is 0. The van der Waals surface area contributed by atoms with Gasteiger partial charge >= 0.3 is 0 Å². The summed E-state index contributed by atoms with van der Waals surface area (Å²) >= 11 is 0. The Labute approximate surface area is 67.9 Å². The maximum Gasteiger partial charge on any atom is 0 e. The smallest absolute Gasteiger partial charge is 0 e.